The minimum atomic E-state index is -0.432. The van der Waals surface area contributed by atoms with Gasteiger partial charge in [-0.1, -0.05) is 30.3 Å². The van der Waals surface area contributed by atoms with Crippen LogP contribution in [0.2, 0.25) is 0 Å². The zero-order valence-electron chi connectivity index (χ0n) is 15.7. The van der Waals surface area contributed by atoms with E-state index in [9.17, 15) is 4.79 Å². The highest BCUT2D eigenvalue weighted by Gasteiger charge is 2.24. The second-order valence-electron chi connectivity index (χ2n) is 6.64. The van der Waals surface area contributed by atoms with Gasteiger partial charge < -0.3 is 18.8 Å². The van der Waals surface area contributed by atoms with Crippen LogP contribution in [0.5, 0.6) is 0 Å². The fourth-order valence-corrected chi connectivity index (χ4v) is 3.23. The molecule has 144 valence electrons. The highest BCUT2D eigenvalue weighted by molar-refractivity contribution is 5.99. The number of benzene rings is 1. The van der Waals surface area contributed by atoms with Crippen LogP contribution >= 0.6 is 0 Å². The molecule has 0 aliphatic carbocycles. The number of hydrogen-bond acceptors (Lipinski definition) is 4. The number of carbonyl (C=O) groups excluding carboxylic acids is 1. The zero-order valence-corrected chi connectivity index (χ0v) is 15.7. The predicted molar refractivity (Wildman–Crippen MR) is 103 cm³/mol. The summed E-state index contributed by atoms with van der Waals surface area (Å²) in [6.45, 7) is 2.42. The number of nitrogens with zero attached hydrogens (tertiary/aromatic N) is 2. The molecule has 0 spiro atoms. The van der Waals surface area contributed by atoms with Gasteiger partial charge in [0.1, 0.15) is 6.61 Å². The van der Waals surface area contributed by atoms with Gasteiger partial charge >= 0.3 is 5.91 Å². The summed E-state index contributed by atoms with van der Waals surface area (Å²) in [5, 5.41) is 0. The van der Waals surface area contributed by atoms with Crippen molar-refractivity contribution in [2.45, 2.75) is 19.3 Å². The van der Waals surface area contributed by atoms with Crippen molar-refractivity contribution in [3.63, 3.8) is 0 Å². The van der Waals surface area contributed by atoms with E-state index in [1.807, 2.05) is 11.0 Å². The van der Waals surface area contributed by atoms with E-state index in [2.05, 4.69) is 29.3 Å². The first kappa shape index (κ1) is 19.2. The maximum atomic E-state index is 12.3. The zero-order chi connectivity index (χ0) is 18.9. The summed E-state index contributed by atoms with van der Waals surface area (Å²) in [6, 6.07) is 14.2. The van der Waals surface area contributed by atoms with Crippen LogP contribution in [-0.2, 0) is 15.9 Å². The minimum absolute atomic E-state index is 0.210. The smallest absolute Gasteiger partial charge is 0.317 e. The molecule has 1 amide bonds. The maximum Gasteiger partial charge on any atom is 0.317 e. The van der Waals surface area contributed by atoms with Crippen LogP contribution in [-0.4, -0.2) is 50.2 Å². The fraction of sp³-hybridized carbons (Fsp3) is 0.429. The molecule has 0 radical (unpaired) electrons. The number of methoxy groups -OCH3 is 1. The van der Waals surface area contributed by atoms with Crippen LogP contribution in [0.4, 0.5) is 0 Å². The molecule has 2 heterocycles. The van der Waals surface area contributed by atoms with Crippen molar-refractivity contribution in [3.05, 3.63) is 60.1 Å². The number of rotatable bonds is 6. The third kappa shape index (κ3) is 5.69. The topological polar surface area (TPSA) is 64.3 Å². The van der Waals surface area contributed by atoms with Crippen LogP contribution in [0.25, 0.3) is 0 Å². The van der Waals surface area contributed by atoms with E-state index < -0.39 is 5.91 Å². The molecule has 0 bridgehead atoms. The van der Waals surface area contributed by atoms with E-state index in [0.717, 1.165) is 32.4 Å². The Bertz CT molecular complexity index is 720. The Morgan fingerprint density at radius 2 is 1.93 bits per heavy atom. The number of furan rings is 1. The maximum absolute atomic E-state index is 12.3. The number of carbonyl (C=O) groups is 1. The van der Waals surface area contributed by atoms with Gasteiger partial charge in [-0.15, -0.1) is 0 Å². The van der Waals surface area contributed by atoms with Gasteiger partial charge in [0.15, 0.2) is 5.76 Å². The molecule has 1 saturated heterocycles. The van der Waals surface area contributed by atoms with Gasteiger partial charge in [-0.25, -0.2) is 0 Å². The van der Waals surface area contributed by atoms with E-state index in [1.165, 1.54) is 11.8 Å². The Morgan fingerprint density at radius 1 is 1.15 bits per heavy atom. The predicted octanol–water partition coefficient (Wildman–Crippen LogP) is 3.39. The van der Waals surface area contributed by atoms with Gasteiger partial charge in [-0.05, 0) is 42.9 Å². The lowest BCUT2D eigenvalue weighted by Gasteiger charge is -2.33. The van der Waals surface area contributed by atoms with E-state index in [-0.39, 0.29) is 5.76 Å². The van der Waals surface area contributed by atoms with Gasteiger partial charge in [0, 0.05) is 20.2 Å². The second kappa shape index (κ2) is 9.92. The van der Waals surface area contributed by atoms with Crippen LogP contribution in [0.3, 0.4) is 0 Å². The molecule has 3 rings (SSSR count). The largest absolute Gasteiger partial charge is 0.462 e. The van der Waals surface area contributed by atoms with Gasteiger partial charge in [0.2, 0.25) is 0 Å². The lowest BCUT2D eigenvalue weighted by molar-refractivity contribution is 0.0948. The molecule has 0 unspecified atom stereocenters. The quantitative estimate of drug-likeness (QED) is 0.443. The standard InChI is InChI=1S/C21H26N2O4/c1-25-14-15-27-21(22-20(24)19-8-5-13-26-19)23-11-9-18(10-12-23)16-17-6-3-2-4-7-17/h2-8,13,18H,9-12,14-16H2,1H3. The van der Waals surface area contributed by atoms with Crippen LogP contribution < -0.4 is 0 Å². The van der Waals surface area contributed by atoms with Crippen molar-refractivity contribution in [2.75, 3.05) is 33.4 Å². The lowest BCUT2D eigenvalue weighted by atomic mass is 9.90. The SMILES string of the molecule is COCCOC(=NC(=O)c1ccco1)N1CCC(Cc2ccccc2)CC1. The van der Waals surface area contributed by atoms with Crippen molar-refractivity contribution in [1.29, 1.82) is 0 Å². The molecule has 1 fully saturated rings. The van der Waals surface area contributed by atoms with E-state index in [0.29, 0.717) is 25.2 Å². The van der Waals surface area contributed by atoms with Crippen molar-refractivity contribution in [3.8, 4) is 0 Å². The first-order chi connectivity index (χ1) is 13.3. The van der Waals surface area contributed by atoms with Gasteiger partial charge in [-0.2, -0.15) is 4.99 Å². The Hall–Kier alpha value is -2.60. The summed E-state index contributed by atoms with van der Waals surface area (Å²) in [5.41, 5.74) is 1.37. The molecule has 2 aromatic rings. The number of aliphatic imine (C=N–C) groups is 1. The molecule has 0 atom stereocenters. The molecule has 1 aromatic carbocycles. The molecule has 6 heteroatoms. The minimum Gasteiger partial charge on any atom is -0.462 e. The Kier molecular flexibility index (Phi) is 7.04. The molecule has 0 N–H and O–H groups in total. The van der Waals surface area contributed by atoms with E-state index in [4.69, 9.17) is 13.9 Å². The molecule has 6 nitrogen and oxygen atoms in total. The average Bonchev–Trinajstić information content (AvgIpc) is 3.24. The lowest BCUT2D eigenvalue weighted by Crippen LogP contribution is -2.41. The highest BCUT2D eigenvalue weighted by Crippen LogP contribution is 2.22. The third-order valence-corrected chi connectivity index (χ3v) is 4.70. The highest BCUT2D eigenvalue weighted by atomic mass is 16.5. The second-order valence-corrected chi connectivity index (χ2v) is 6.64. The number of ether oxygens (including phenoxy) is 2. The summed E-state index contributed by atoms with van der Waals surface area (Å²) in [5.74, 6) is 0.408. The van der Waals surface area contributed by atoms with Gasteiger partial charge in [0.05, 0.1) is 12.9 Å². The number of amides is 1. The van der Waals surface area contributed by atoms with E-state index in [1.54, 1.807) is 19.2 Å². The normalized spacial score (nSPS) is 15.7. The number of hydrogen-bond donors (Lipinski definition) is 0. The molecular weight excluding hydrogens is 344 g/mol. The molecule has 1 aliphatic heterocycles. The monoisotopic (exact) mass is 370 g/mol. The third-order valence-electron chi connectivity index (χ3n) is 4.70. The first-order valence-electron chi connectivity index (χ1n) is 9.33. The van der Waals surface area contributed by atoms with Gasteiger partial charge in [-0.3, -0.25) is 4.79 Å². The first-order valence-corrected chi connectivity index (χ1v) is 9.33. The Morgan fingerprint density at radius 3 is 2.59 bits per heavy atom. The average molecular weight is 370 g/mol. The molecule has 1 aliphatic rings. The molecule has 27 heavy (non-hydrogen) atoms. The molecular formula is C21H26N2O4. The molecule has 0 saturated carbocycles. The van der Waals surface area contributed by atoms with Gasteiger partial charge in [0.25, 0.3) is 6.02 Å². The number of piperidine rings is 1. The Balaban J connectivity index is 1.60. The summed E-state index contributed by atoms with van der Waals surface area (Å²) in [7, 11) is 1.61. The van der Waals surface area contributed by atoms with Crippen molar-refractivity contribution >= 4 is 11.9 Å². The van der Waals surface area contributed by atoms with Crippen molar-refractivity contribution in [2.24, 2.45) is 10.9 Å². The van der Waals surface area contributed by atoms with Crippen LogP contribution in [0, 0.1) is 5.92 Å². The fourth-order valence-electron chi connectivity index (χ4n) is 3.23. The number of amidine groups is 1. The number of likely N-dealkylation sites (tertiary alicyclic amines) is 1. The summed E-state index contributed by atoms with van der Waals surface area (Å²) in [4.78, 5) is 18.5. The van der Waals surface area contributed by atoms with Crippen LogP contribution in [0.15, 0.2) is 58.1 Å². The van der Waals surface area contributed by atoms with E-state index >= 15 is 0 Å². The summed E-state index contributed by atoms with van der Waals surface area (Å²) < 4.78 is 15.9. The van der Waals surface area contributed by atoms with Crippen LogP contribution in [0.1, 0.15) is 29.0 Å². The molecule has 1 aromatic heterocycles. The summed E-state index contributed by atoms with van der Waals surface area (Å²) in [6.07, 6.45) is 4.62. The van der Waals surface area contributed by atoms with Crippen molar-refractivity contribution < 1.29 is 18.7 Å². The van der Waals surface area contributed by atoms with Crippen molar-refractivity contribution in [1.82, 2.24) is 4.90 Å². The Labute approximate surface area is 159 Å². The summed E-state index contributed by atoms with van der Waals surface area (Å²) >= 11 is 0.